The van der Waals surface area contributed by atoms with Crippen LogP contribution in [0.5, 0.6) is 0 Å². The van der Waals surface area contributed by atoms with Crippen LogP contribution in [0.3, 0.4) is 0 Å². The maximum Gasteiger partial charge on any atom is 0.274 e. The second kappa shape index (κ2) is 2.92. The fourth-order valence-electron chi connectivity index (χ4n) is 1.33. The Labute approximate surface area is 81.6 Å². The molecule has 76 valence electrons. The highest BCUT2D eigenvalue weighted by atomic mass is 35.5. The van der Waals surface area contributed by atoms with E-state index < -0.39 is 34.7 Å². The fourth-order valence-corrected chi connectivity index (χ4v) is 2.08. The van der Waals surface area contributed by atoms with Crippen molar-refractivity contribution in [3.63, 3.8) is 0 Å². The van der Waals surface area contributed by atoms with Crippen LogP contribution in [-0.4, -0.2) is 28.8 Å². The van der Waals surface area contributed by atoms with E-state index in [9.17, 15) is 23.1 Å². The van der Waals surface area contributed by atoms with Crippen LogP contribution in [0.15, 0.2) is 0 Å². The minimum atomic E-state index is -3.48. The van der Waals surface area contributed by atoms with Gasteiger partial charge in [-0.1, -0.05) is 0 Å². The van der Waals surface area contributed by atoms with E-state index in [2.05, 4.69) is 0 Å². The van der Waals surface area contributed by atoms with E-state index in [0.717, 1.165) is 0 Å². The summed E-state index contributed by atoms with van der Waals surface area (Å²) in [5.41, 5.74) is -3.27. The third-order valence-corrected chi connectivity index (χ3v) is 3.38. The zero-order chi connectivity index (χ0) is 10.4. The van der Waals surface area contributed by atoms with Crippen molar-refractivity contribution >= 4 is 29.2 Å². The number of carbonyl (C=O) groups excluding carboxylic acids is 1. The van der Waals surface area contributed by atoms with Crippen LogP contribution in [-0.2, 0) is 4.79 Å². The van der Waals surface area contributed by atoms with Crippen molar-refractivity contribution in [1.82, 2.24) is 0 Å². The molecule has 0 saturated heterocycles. The molecule has 0 radical (unpaired) electrons. The van der Waals surface area contributed by atoms with Crippen LogP contribution in [0, 0.1) is 5.92 Å². The number of carboxylic acids is 1. The highest BCUT2D eigenvalue weighted by Crippen LogP contribution is 2.65. The minimum Gasteiger partial charge on any atom is -0.550 e. The summed E-state index contributed by atoms with van der Waals surface area (Å²) in [6, 6.07) is 0. The topological polar surface area (TPSA) is 40.1 Å². The number of carbonyl (C=O) groups is 1. The van der Waals surface area contributed by atoms with Crippen LogP contribution in [0.25, 0.3) is 0 Å². The number of halogens is 5. The minimum absolute atomic E-state index is 0.700. The van der Waals surface area contributed by atoms with Crippen molar-refractivity contribution in [1.29, 1.82) is 0 Å². The lowest BCUT2D eigenvalue weighted by atomic mass is 10.3. The largest absolute Gasteiger partial charge is 0.550 e. The van der Waals surface area contributed by atoms with Crippen molar-refractivity contribution in [3.8, 4) is 0 Å². The van der Waals surface area contributed by atoms with Gasteiger partial charge in [0, 0.05) is 11.8 Å². The summed E-state index contributed by atoms with van der Waals surface area (Å²) in [4.78, 5) is 7.99. The molecule has 0 aromatic carbocycles. The number of carboxylic acid groups (broad SMARTS) is 1. The lowest BCUT2D eigenvalue weighted by Crippen LogP contribution is -2.30. The summed E-state index contributed by atoms with van der Waals surface area (Å²) in [6.07, 6.45) is -3.48. The predicted molar refractivity (Wildman–Crippen MR) is 37.6 cm³/mol. The Bertz CT molecular complexity index is 250. The van der Waals surface area contributed by atoms with E-state index >= 15 is 0 Å². The Kier molecular flexibility index (Phi) is 2.45. The van der Waals surface area contributed by atoms with Gasteiger partial charge in [0.25, 0.3) is 6.43 Å². The molecule has 2 nitrogen and oxygen atoms in total. The first-order valence-electron chi connectivity index (χ1n) is 3.25. The van der Waals surface area contributed by atoms with Crippen LogP contribution < -0.4 is 5.11 Å². The molecule has 0 bridgehead atoms. The van der Waals surface area contributed by atoms with E-state index in [1.54, 1.807) is 0 Å². The Morgan fingerprint density at radius 1 is 1.62 bits per heavy atom. The summed E-state index contributed by atoms with van der Waals surface area (Å²) in [5.74, 6) is -4.69. The van der Waals surface area contributed by atoms with E-state index in [1.165, 1.54) is 0 Å². The number of hydrogen-bond acceptors (Lipinski definition) is 2. The SMILES string of the molecule is O=C([O-])C1C(Cl)(CCl)C1(F)C(F)F. The molecule has 1 saturated carbocycles. The first-order valence-corrected chi connectivity index (χ1v) is 4.16. The molecule has 0 aromatic heterocycles. The number of aliphatic carboxylic acids is 1. The van der Waals surface area contributed by atoms with Gasteiger partial charge in [0.2, 0.25) is 5.67 Å². The van der Waals surface area contributed by atoms with Crippen LogP contribution in [0.4, 0.5) is 13.2 Å². The normalized spacial score (nSPS) is 43.7. The molecule has 13 heavy (non-hydrogen) atoms. The van der Waals surface area contributed by atoms with Gasteiger partial charge in [-0.15, -0.1) is 23.2 Å². The average Bonchev–Trinajstić information content (AvgIpc) is 2.52. The van der Waals surface area contributed by atoms with Crippen molar-refractivity contribution < 1.29 is 23.1 Å². The lowest BCUT2D eigenvalue weighted by molar-refractivity contribution is -0.309. The quantitative estimate of drug-likeness (QED) is 0.671. The number of rotatable bonds is 3. The van der Waals surface area contributed by atoms with E-state index in [1.807, 2.05) is 0 Å². The summed E-state index contributed by atoms with van der Waals surface area (Å²) in [5, 5.41) is 10.2. The summed E-state index contributed by atoms with van der Waals surface area (Å²) >= 11 is 10.4. The van der Waals surface area contributed by atoms with Crippen molar-refractivity contribution in [2.45, 2.75) is 17.0 Å². The molecule has 0 heterocycles. The van der Waals surface area contributed by atoms with Gasteiger partial charge in [-0.2, -0.15) is 0 Å². The first kappa shape index (κ1) is 10.9. The highest BCUT2D eigenvalue weighted by Gasteiger charge is 2.83. The predicted octanol–water partition coefficient (Wildman–Crippen LogP) is 0.556. The molecule has 0 aliphatic heterocycles. The maximum atomic E-state index is 13.2. The fraction of sp³-hybridized carbons (Fsp3) is 0.833. The monoisotopic (exact) mass is 235 g/mol. The Morgan fingerprint density at radius 3 is 2.15 bits per heavy atom. The van der Waals surface area contributed by atoms with Gasteiger partial charge in [0.1, 0.15) is 4.87 Å². The average molecular weight is 236 g/mol. The molecule has 3 unspecified atom stereocenters. The van der Waals surface area contributed by atoms with Crippen LogP contribution >= 0.6 is 23.2 Å². The van der Waals surface area contributed by atoms with Crippen LogP contribution in [0.2, 0.25) is 0 Å². The van der Waals surface area contributed by atoms with E-state index in [0.29, 0.717) is 0 Å². The standard InChI is InChI=1S/C6H5Cl2F3O2/c7-1-5(8)2(3(12)13)6(5,11)4(9)10/h2,4H,1H2,(H,12,13)/p-1. The molecule has 0 spiro atoms. The molecule has 0 N–H and O–H groups in total. The van der Waals surface area contributed by atoms with Gasteiger partial charge in [0.15, 0.2) is 0 Å². The molecule has 1 fully saturated rings. The summed E-state index contributed by atoms with van der Waals surface area (Å²) in [6.45, 7) is 0. The third-order valence-electron chi connectivity index (χ3n) is 2.18. The zero-order valence-corrected chi connectivity index (χ0v) is 7.58. The zero-order valence-electron chi connectivity index (χ0n) is 6.07. The highest BCUT2D eigenvalue weighted by molar-refractivity contribution is 6.35. The second-order valence-electron chi connectivity index (χ2n) is 2.82. The van der Waals surface area contributed by atoms with E-state index in [4.69, 9.17) is 23.2 Å². The molecule has 1 aliphatic rings. The maximum absolute atomic E-state index is 13.2. The molecule has 3 atom stereocenters. The number of alkyl halides is 5. The van der Waals surface area contributed by atoms with Gasteiger partial charge in [-0.25, -0.2) is 13.2 Å². The van der Waals surface area contributed by atoms with Crippen molar-refractivity contribution in [3.05, 3.63) is 0 Å². The Balaban J connectivity index is 2.97. The smallest absolute Gasteiger partial charge is 0.274 e. The van der Waals surface area contributed by atoms with Crippen molar-refractivity contribution in [2.75, 3.05) is 5.88 Å². The van der Waals surface area contributed by atoms with Gasteiger partial charge in [0.05, 0.1) is 5.92 Å². The lowest BCUT2D eigenvalue weighted by Gasteiger charge is -2.08. The Morgan fingerprint density at radius 2 is 2.08 bits per heavy atom. The number of hydrogen-bond donors (Lipinski definition) is 0. The van der Waals surface area contributed by atoms with Gasteiger partial charge in [-0.3, -0.25) is 0 Å². The molecular weight excluding hydrogens is 232 g/mol. The third kappa shape index (κ3) is 1.13. The summed E-state index contributed by atoms with van der Waals surface area (Å²) in [7, 11) is 0. The second-order valence-corrected chi connectivity index (χ2v) is 3.76. The molecule has 0 aromatic rings. The molecule has 0 amide bonds. The van der Waals surface area contributed by atoms with Crippen molar-refractivity contribution in [2.24, 2.45) is 5.92 Å². The summed E-state index contributed by atoms with van der Waals surface area (Å²) < 4.78 is 37.4. The first-order chi connectivity index (χ1) is 5.82. The van der Waals surface area contributed by atoms with Gasteiger partial charge < -0.3 is 9.90 Å². The van der Waals surface area contributed by atoms with E-state index in [-0.39, 0.29) is 0 Å². The van der Waals surface area contributed by atoms with Crippen LogP contribution in [0.1, 0.15) is 0 Å². The van der Waals surface area contributed by atoms with Gasteiger partial charge >= 0.3 is 0 Å². The molecular formula is C6H4Cl2F3O2-. The molecule has 1 rings (SSSR count). The van der Waals surface area contributed by atoms with Gasteiger partial charge in [-0.05, 0) is 0 Å². The molecule has 7 heteroatoms. The molecule has 1 aliphatic carbocycles. The Hall–Kier alpha value is -0.160.